The molecule has 5 rings (SSSR count). The summed E-state index contributed by atoms with van der Waals surface area (Å²) < 4.78 is 19.4. The Morgan fingerprint density at radius 3 is 2.43 bits per heavy atom. The Morgan fingerprint density at radius 2 is 1.76 bits per heavy atom. The molecule has 2 heterocycles. The van der Waals surface area contributed by atoms with E-state index in [2.05, 4.69) is 20.7 Å². The molecule has 0 spiro atoms. The third kappa shape index (κ3) is 5.89. The lowest BCUT2D eigenvalue weighted by Crippen LogP contribution is -2.51. The van der Waals surface area contributed by atoms with Gasteiger partial charge in [0.05, 0.1) is 0 Å². The molecule has 9 nitrogen and oxygen atoms in total. The minimum absolute atomic E-state index is 0.0843. The van der Waals surface area contributed by atoms with Crippen molar-refractivity contribution in [2.45, 2.75) is 89.4 Å². The molecule has 0 unspecified atom stereocenters. The summed E-state index contributed by atoms with van der Waals surface area (Å²) in [5.41, 5.74) is 0.591. The smallest absolute Gasteiger partial charge is 0.247 e. The number of aromatic nitrogens is 4. The van der Waals surface area contributed by atoms with Gasteiger partial charge in [-0.3, -0.25) is 9.59 Å². The topological polar surface area (TPSA) is 106 Å². The van der Waals surface area contributed by atoms with E-state index < -0.39 is 6.04 Å². The van der Waals surface area contributed by atoms with Crippen molar-refractivity contribution < 1.29 is 18.4 Å². The first-order valence-corrected chi connectivity index (χ1v) is 13.2. The van der Waals surface area contributed by atoms with Gasteiger partial charge >= 0.3 is 0 Å². The lowest BCUT2D eigenvalue weighted by molar-refractivity contribution is -0.144. The van der Waals surface area contributed by atoms with E-state index in [1.807, 2.05) is 6.92 Å². The SMILES string of the molecule is Cc1ccc(-c2nnn(CC(=O)N(C3CCCC3)[C@@H](C(=O)NC3CCCCC3)c3ccc(F)cc3)n2)o1. The van der Waals surface area contributed by atoms with Crippen LogP contribution in [0.3, 0.4) is 0 Å². The summed E-state index contributed by atoms with van der Waals surface area (Å²) in [4.78, 5) is 30.5. The number of furan rings is 1. The Hall–Kier alpha value is -3.56. The molecule has 0 bridgehead atoms. The Morgan fingerprint density at radius 1 is 1.05 bits per heavy atom. The minimum Gasteiger partial charge on any atom is -0.458 e. The highest BCUT2D eigenvalue weighted by atomic mass is 19.1. The fourth-order valence-electron chi connectivity index (χ4n) is 5.52. The van der Waals surface area contributed by atoms with Gasteiger partial charge in [0.1, 0.15) is 24.2 Å². The van der Waals surface area contributed by atoms with Crippen molar-refractivity contribution in [3.05, 3.63) is 53.5 Å². The van der Waals surface area contributed by atoms with E-state index in [1.165, 1.54) is 23.4 Å². The van der Waals surface area contributed by atoms with Crippen molar-refractivity contribution in [1.29, 1.82) is 0 Å². The van der Waals surface area contributed by atoms with Gasteiger partial charge in [-0.25, -0.2) is 4.39 Å². The van der Waals surface area contributed by atoms with E-state index >= 15 is 0 Å². The average Bonchev–Trinajstić information content (AvgIpc) is 3.66. The highest BCUT2D eigenvalue weighted by molar-refractivity contribution is 5.89. The lowest BCUT2D eigenvalue weighted by Gasteiger charge is -2.37. The molecule has 0 radical (unpaired) electrons. The number of benzene rings is 1. The Balaban J connectivity index is 1.43. The molecule has 2 aromatic heterocycles. The second-order valence-corrected chi connectivity index (χ2v) is 10.1. The quantitative estimate of drug-likeness (QED) is 0.485. The zero-order valence-corrected chi connectivity index (χ0v) is 21.1. The zero-order valence-electron chi connectivity index (χ0n) is 21.1. The fraction of sp³-hybridized carbons (Fsp3) is 0.519. The first kappa shape index (κ1) is 25.1. The number of nitrogens with one attached hydrogen (secondary N) is 1. The average molecular weight is 509 g/mol. The molecule has 2 fully saturated rings. The van der Waals surface area contributed by atoms with Gasteiger partial charge in [-0.05, 0) is 67.6 Å². The molecule has 1 N–H and O–H groups in total. The van der Waals surface area contributed by atoms with Gasteiger partial charge in [0.15, 0.2) is 5.76 Å². The van der Waals surface area contributed by atoms with Crippen LogP contribution >= 0.6 is 0 Å². The largest absolute Gasteiger partial charge is 0.458 e. The Kier molecular flexibility index (Phi) is 7.62. The van der Waals surface area contributed by atoms with Crippen molar-refractivity contribution in [3.63, 3.8) is 0 Å². The van der Waals surface area contributed by atoms with Gasteiger partial charge in [-0.2, -0.15) is 4.80 Å². The van der Waals surface area contributed by atoms with Gasteiger partial charge in [0, 0.05) is 12.1 Å². The molecule has 196 valence electrons. The van der Waals surface area contributed by atoms with E-state index in [0.717, 1.165) is 57.1 Å². The maximum absolute atomic E-state index is 13.8. The normalized spacial score (nSPS) is 17.6. The van der Waals surface area contributed by atoms with Crippen LogP contribution in [0.4, 0.5) is 4.39 Å². The summed E-state index contributed by atoms with van der Waals surface area (Å²) in [5.74, 6) is 0.595. The molecule has 2 amide bonds. The maximum atomic E-state index is 13.8. The third-order valence-electron chi connectivity index (χ3n) is 7.36. The second kappa shape index (κ2) is 11.2. The van der Waals surface area contributed by atoms with Gasteiger partial charge in [-0.1, -0.05) is 44.2 Å². The Bertz CT molecular complexity index is 1210. The summed E-state index contributed by atoms with van der Waals surface area (Å²) in [6.45, 7) is 1.66. The maximum Gasteiger partial charge on any atom is 0.247 e. The van der Waals surface area contributed by atoms with E-state index in [4.69, 9.17) is 4.42 Å². The molecule has 1 aromatic carbocycles. The van der Waals surface area contributed by atoms with E-state index in [-0.39, 0.29) is 36.3 Å². The third-order valence-corrected chi connectivity index (χ3v) is 7.36. The number of nitrogens with zero attached hydrogens (tertiary/aromatic N) is 5. The van der Waals surface area contributed by atoms with Crippen molar-refractivity contribution in [2.24, 2.45) is 0 Å². The number of hydrogen-bond donors (Lipinski definition) is 1. The minimum atomic E-state index is -0.867. The number of tetrazole rings is 1. The van der Waals surface area contributed by atoms with E-state index in [1.54, 1.807) is 29.2 Å². The summed E-state index contributed by atoms with van der Waals surface area (Å²) in [7, 11) is 0. The standard InChI is InChI=1S/C27H33FN6O3/c1-18-11-16-23(37-18)26-30-32-33(31-26)17-24(35)34(22-9-5-6-10-22)25(19-12-14-20(28)15-13-19)27(36)29-21-7-3-2-4-8-21/h11-16,21-22,25H,2-10,17H2,1H3,(H,29,36)/t25-/m1/s1. The summed E-state index contributed by atoms with van der Waals surface area (Å²) in [5, 5.41) is 15.6. The number of aryl methyl sites for hydroxylation is 1. The van der Waals surface area contributed by atoms with Crippen LogP contribution in [-0.2, 0) is 16.1 Å². The van der Waals surface area contributed by atoms with Crippen LogP contribution in [-0.4, -0.2) is 49.0 Å². The number of halogens is 1. The first-order chi connectivity index (χ1) is 18.0. The van der Waals surface area contributed by atoms with Gasteiger partial charge in [0.25, 0.3) is 0 Å². The van der Waals surface area contributed by atoms with Gasteiger partial charge < -0.3 is 14.6 Å². The second-order valence-electron chi connectivity index (χ2n) is 10.1. The first-order valence-electron chi connectivity index (χ1n) is 13.2. The van der Waals surface area contributed by atoms with Crippen LogP contribution in [0.1, 0.15) is 75.2 Å². The molecule has 10 heteroatoms. The number of carbonyl (C=O) groups is 2. The van der Waals surface area contributed by atoms with Crippen molar-refractivity contribution in [1.82, 2.24) is 30.4 Å². The Labute approximate surface area is 215 Å². The summed E-state index contributed by atoms with van der Waals surface area (Å²) >= 11 is 0. The summed E-state index contributed by atoms with van der Waals surface area (Å²) in [6, 6.07) is 8.55. The molecule has 3 aromatic rings. The number of rotatable bonds is 8. The monoisotopic (exact) mass is 508 g/mol. The summed E-state index contributed by atoms with van der Waals surface area (Å²) in [6.07, 6.45) is 8.76. The molecule has 37 heavy (non-hydrogen) atoms. The molecular weight excluding hydrogens is 475 g/mol. The van der Waals surface area contributed by atoms with Gasteiger partial charge in [0.2, 0.25) is 17.6 Å². The number of amides is 2. The van der Waals surface area contributed by atoms with Crippen LogP contribution in [0.25, 0.3) is 11.6 Å². The molecule has 2 saturated carbocycles. The highest BCUT2D eigenvalue weighted by Gasteiger charge is 2.38. The van der Waals surface area contributed by atoms with E-state index in [9.17, 15) is 14.0 Å². The van der Waals surface area contributed by atoms with Crippen molar-refractivity contribution >= 4 is 11.8 Å². The molecule has 0 aliphatic heterocycles. The van der Waals surface area contributed by atoms with Gasteiger partial charge in [-0.15, -0.1) is 10.2 Å². The molecule has 0 saturated heterocycles. The zero-order chi connectivity index (χ0) is 25.8. The highest BCUT2D eigenvalue weighted by Crippen LogP contribution is 2.33. The van der Waals surface area contributed by atoms with Crippen LogP contribution in [0.5, 0.6) is 0 Å². The van der Waals surface area contributed by atoms with Crippen molar-refractivity contribution in [2.75, 3.05) is 0 Å². The molecule has 1 atom stereocenters. The fourth-order valence-corrected chi connectivity index (χ4v) is 5.52. The molecular formula is C27H33FN6O3. The van der Waals surface area contributed by atoms with Crippen molar-refractivity contribution in [3.8, 4) is 11.6 Å². The van der Waals surface area contributed by atoms with E-state index in [0.29, 0.717) is 17.1 Å². The van der Waals surface area contributed by atoms with Crippen LogP contribution in [0.15, 0.2) is 40.8 Å². The predicted octanol–water partition coefficient (Wildman–Crippen LogP) is 4.34. The predicted molar refractivity (Wildman–Crippen MR) is 134 cm³/mol. The molecule has 2 aliphatic carbocycles. The van der Waals surface area contributed by atoms with Crippen LogP contribution < -0.4 is 5.32 Å². The number of hydrogen-bond acceptors (Lipinski definition) is 6. The number of carbonyl (C=O) groups excluding carboxylic acids is 2. The van der Waals surface area contributed by atoms with Crippen LogP contribution in [0, 0.1) is 12.7 Å². The lowest BCUT2D eigenvalue weighted by atomic mass is 9.94. The molecule has 2 aliphatic rings. The van der Waals surface area contributed by atoms with Crippen LogP contribution in [0.2, 0.25) is 0 Å².